The SMILES string of the molecule is Cc1ccc(N2C(=O)c3ccccc3C2Nc2cccc(C)c2C)nc1. The topological polar surface area (TPSA) is 45.2 Å². The van der Waals surface area contributed by atoms with Crippen molar-refractivity contribution in [3.8, 4) is 0 Å². The highest BCUT2D eigenvalue weighted by Gasteiger charge is 2.38. The van der Waals surface area contributed by atoms with Crippen molar-refractivity contribution in [3.05, 3.63) is 88.6 Å². The van der Waals surface area contributed by atoms with Crippen LogP contribution in [0.5, 0.6) is 0 Å². The number of amides is 1. The molecule has 4 heteroatoms. The van der Waals surface area contributed by atoms with Gasteiger partial charge in [0.15, 0.2) is 0 Å². The standard InChI is InChI=1S/C22H21N3O/c1-14-11-12-20(23-13-14)25-21(17-8-4-5-9-18(17)22(25)26)24-19-10-6-7-15(2)16(19)3/h4-13,21,24H,1-3H3. The molecule has 2 heterocycles. The van der Waals surface area contributed by atoms with Gasteiger partial charge in [0.1, 0.15) is 12.0 Å². The van der Waals surface area contributed by atoms with Crippen LogP contribution in [-0.4, -0.2) is 10.9 Å². The molecule has 1 N–H and O–H groups in total. The summed E-state index contributed by atoms with van der Waals surface area (Å²) in [7, 11) is 0. The minimum absolute atomic E-state index is 0.0280. The summed E-state index contributed by atoms with van der Waals surface area (Å²) in [5.74, 6) is 0.624. The maximum Gasteiger partial charge on any atom is 0.261 e. The second-order valence-corrected chi connectivity index (χ2v) is 6.75. The van der Waals surface area contributed by atoms with Crippen LogP contribution in [0.15, 0.2) is 60.8 Å². The van der Waals surface area contributed by atoms with Gasteiger partial charge in [-0.1, -0.05) is 36.4 Å². The first kappa shape index (κ1) is 16.3. The van der Waals surface area contributed by atoms with Gasteiger partial charge in [0.25, 0.3) is 5.91 Å². The van der Waals surface area contributed by atoms with Crippen LogP contribution in [0.3, 0.4) is 0 Å². The third-order valence-electron chi connectivity index (χ3n) is 5.00. The molecule has 26 heavy (non-hydrogen) atoms. The van der Waals surface area contributed by atoms with E-state index in [0.29, 0.717) is 5.82 Å². The number of aryl methyl sites for hydroxylation is 2. The molecule has 0 fully saturated rings. The minimum atomic E-state index is -0.283. The molecule has 0 radical (unpaired) electrons. The van der Waals surface area contributed by atoms with Crippen LogP contribution in [0.2, 0.25) is 0 Å². The van der Waals surface area contributed by atoms with Crippen LogP contribution < -0.4 is 10.2 Å². The number of pyridine rings is 1. The van der Waals surface area contributed by atoms with Gasteiger partial charge in [-0.25, -0.2) is 4.98 Å². The van der Waals surface area contributed by atoms with E-state index in [1.807, 2.05) is 49.4 Å². The minimum Gasteiger partial charge on any atom is -0.361 e. The summed E-state index contributed by atoms with van der Waals surface area (Å²) in [5, 5.41) is 3.56. The molecule has 3 aromatic rings. The molecular formula is C22H21N3O. The molecule has 0 spiro atoms. The van der Waals surface area contributed by atoms with E-state index in [-0.39, 0.29) is 12.1 Å². The highest BCUT2D eigenvalue weighted by molar-refractivity contribution is 6.11. The van der Waals surface area contributed by atoms with Crippen molar-refractivity contribution in [1.29, 1.82) is 0 Å². The van der Waals surface area contributed by atoms with E-state index in [1.54, 1.807) is 11.1 Å². The second-order valence-electron chi connectivity index (χ2n) is 6.75. The van der Waals surface area contributed by atoms with E-state index in [0.717, 1.165) is 22.4 Å². The zero-order chi connectivity index (χ0) is 18.3. The summed E-state index contributed by atoms with van der Waals surface area (Å²) in [6, 6.07) is 17.8. The van der Waals surface area contributed by atoms with Crippen molar-refractivity contribution in [2.24, 2.45) is 0 Å². The van der Waals surface area contributed by atoms with Gasteiger partial charge in [-0.3, -0.25) is 9.69 Å². The fraction of sp³-hybridized carbons (Fsp3) is 0.182. The quantitative estimate of drug-likeness (QED) is 0.744. The summed E-state index contributed by atoms with van der Waals surface area (Å²) in [4.78, 5) is 19.3. The lowest BCUT2D eigenvalue weighted by Crippen LogP contribution is -2.33. The number of carbonyl (C=O) groups excluding carboxylic acids is 1. The Morgan fingerprint density at radius 3 is 2.54 bits per heavy atom. The van der Waals surface area contributed by atoms with E-state index in [1.165, 1.54) is 11.1 Å². The number of fused-ring (bicyclic) bond motifs is 1. The van der Waals surface area contributed by atoms with Crippen molar-refractivity contribution in [2.45, 2.75) is 26.9 Å². The van der Waals surface area contributed by atoms with Crippen LogP contribution in [0.1, 0.15) is 38.8 Å². The zero-order valence-corrected chi connectivity index (χ0v) is 15.2. The molecule has 1 aliphatic rings. The number of anilines is 2. The number of rotatable bonds is 3. The van der Waals surface area contributed by atoms with Crippen LogP contribution in [0.4, 0.5) is 11.5 Å². The lowest BCUT2D eigenvalue weighted by atomic mass is 10.1. The first-order valence-corrected chi connectivity index (χ1v) is 8.74. The normalized spacial score (nSPS) is 15.9. The van der Waals surface area contributed by atoms with Gasteiger partial charge >= 0.3 is 0 Å². The maximum atomic E-state index is 13.1. The molecule has 0 saturated heterocycles. The summed E-state index contributed by atoms with van der Waals surface area (Å²) < 4.78 is 0. The monoisotopic (exact) mass is 343 g/mol. The lowest BCUT2D eigenvalue weighted by Gasteiger charge is -2.27. The van der Waals surface area contributed by atoms with E-state index in [2.05, 4.69) is 36.3 Å². The van der Waals surface area contributed by atoms with Crippen LogP contribution in [-0.2, 0) is 0 Å². The van der Waals surface area contributed by atoms with E-state index in [4.69, 9.17) is 0 Å². The number of nitrogens with one attached hydrogen (secondary N) is 1. The predicted molar refractivity (Wildman–Crippen MR) is 105 cm³/mol. The third-order valence-corrected chi connectivity index (χ3v) is 5.00. The largest absolute Gasteiger partial charge is 0.361 e. The summed E-state index contributed by atoms with van der Waals surface area (Å²) in [6.07, 6.45) is 1.51. The van der Waals surface area contributed by atoms with Crippen LogP contribution in [0, 0.1) is 20.8 Å². The van der Waals surface area contributed by atoms with Gasteiger partial charge in [0, 0.05) is 23.0 Å². The highest BCUT2D eigenvalue weighted by Crippen LogP contribution is 2.37. The Kier molecular flexibility index (Phi) is 3.96. The Labute approximate surface area is 153 Å². The molecule has 130 valence electrons. The fourth-order valence-electron chi connectivity index (χ4n) is 3.35. The van der Waals surface area contributed by atoms with Gasteiger partial charge in [-0.15, -0.1) is 0 Å². The van der Waals surface area contributed by atoms with Gasteiger partial charge in [0.2, 0.25) is 0 Å². The average Bonchev–Trinajstić information content (AvgIpc) is 2.92. The first-order valence-electron chi connectivity index (χ1n) is 8.74. The molecule has 1 atom stereocenters. The first-order chi connectivity index (χ1) is 12.6. The van der Waals surface area contributed by atoms with Gasteiger partial charge < -0.3 is 5.32 Å². The fourth-order valence-corrected chi connectivity index (χ4v) is 3.35. The molecule has 0 saturated carbocycles. The Bertz CT molecular complexity index is 979. The molecule has 2 aromatic carbocycles. The van der Waals surface area contributed by atoms with Crippen molar-refractivity contribution in [1.82, 2.24) is 4.98 Å². The second kappa shape index (κ2) is 6.30. The third kappa shape index (κ3) is 2.64. The molecule has 1 unspecified atom stereocenters. The molecular weight excluding hydrogens is 322 g/mol. The Morgan fingerprint density at radius 1 is 0.962 bits per heavy atom. The van der Waals surface area contributed by atoms with E-state index in [9.17, 15) is 4.79 Å². The Morgan fingerprint density at radius 2 is 1.77 bits per heavy atom. The van der Waals surface area contributed by atoms with Crippen LogP contribution in [0.25, 0.3) is 0 Å². The number of carbonyl (C=O) groups is 1. The molecule has 4 rings (SSSR count). The summed E-state index contributed by atoms with van der Waals surface area (Å²) >= 11 is 0. The number of nitrogens with zero attached hydrogens (tertiary/aromatic N) is 2. The summed E-state index contributed by atoms with van der Waals surface area (Å²) in [6.45, 7) is 6.17. The molecule has 1 aliphatic heterocycles. The van der Waals surface area contributed by atoms with Crippen molar-refractivity contribution in [2.75, 3.05) is 10.2 Å². The Hall–Kier alpha value is -3.14. The number of benzene rings is 2. The van der Waals surface area contributed by atoms with Gasteiger partial charge in [0.05, 0.1) is 0 Å². The molecule has 0 bridgehead atoms. The highest BCUT2D eigenvalue weighted by atomic mass is 16.2. The zero-order valence-electron chi connectivity index (χ0n) is 15.2. The number of hydrogen-bond acceptors (Lipinski definition) is 3. The number of hydrogen-bond donors (Lipinski definition) is 1. The average molecular weight is 343 g/mol. The molecule has 4 nitrogen and oxygen atoms in total. The molecule has 0 aliphatic carbocycles. The van der Waals surface area contributed by atoms with Crippen molar-refractivity contribution >= 4 is 17.4 Å². The lowest BCUT2D eigenvalue weighted by molar-refractivity contribution is 0.0992. The molecule has 1 aromatic heterocycles. The van der Waals surface area contributed by atoms with Gasteiger partial charge in [-0.05, 0) is 55.7 Å². The predicted octanol–water partition coefficient (Wildman–Crippen LogP) is 4.78. The van der Waals surface area contributed by atoms with Crippen LogP contribution >= 0.6 is 0 Å². The van der Waals surface area contributed by atoms with Crippen molar-refractivity contribution in [3.63, 3.8) is 0 Å². The smallest absolute Gasteiger partial charge is 0.261 e. The molecule has 1 amide bonds. The Balaban J connectivity index is 1.81. The van der Waals surface area contributed by atoms with Gasteiger partial charge in [-0.2, -0.15) is 0 Å². The van der Waals surface area contributed by atoms with E-state index < -0.39 is 0 Å². The summed E-state index contributed by atoms with van der Waals surface area (Å²) in [5.41, 5.74) is 6.18. The number of aromatic nitrogens is 1. The van der Waals surface area contributed by atoms with Crippen molar-refractivity contribution < 1.29 is 4.79 Å². The maximum absolute atomic E-state index is 13.1. The van der Waals surface area contributed by atoms with E-state index >= 15 is 0 Å².